The summed E-state index contributed by atoms with van der Waals surface area (Å²) in [7, 11) is 6.21. The maximum Gasteiger partial charge on any atom is 0.119 e. The second-order valence-electron chi connectivity index (χ2n) is 7.49. The van der Waals surface area contributed by atoms with Gasteiger partial charge in [-0.1, -0.05) is 12.5 Å². The van der Waals surface area contributed by atoms with Gasteiger partial charge in [0.2, 0.25) is 0 Å². The summed E-state index contributed by atoms with van der Waals surface area (Å²) in [6.45, 7) is 3.41. The number of nitrogens with zero attached hydrogens (tertiary/aromatic N) is 1. The lowest BCUT2D eigenvalue weighted by molar-refractivity contribution is 0.165. The van der Waals surface area contributed by atoms with Gasteiger partial charge in [-0.3, -0.25) is 0 Å². The maximum absolute atomic E-state index is 5.50. The molecule has 3 rings (SSSR count). The molecule has 1 aromatic carbocycles. The zero-order chi connectivity index (χ0) is 15.0. The highest BCUT2D eigenvalue weighted by atomic mass is 16.5. The van der Waals surface area contributed by atoms with E-state index in [2.05, 4.69) is 44.1 Å². The molecule has 2 aliphatic rings. The van der Waals surface area contributed by atoms with Crippen LogP contribution in [-0.2, 0) is 0 Å². The van der Waals surface area contributed by atoms with Crippen LogP contribution in [0.1, 0.15) is 42.7 Å². The Morgan fingerprint density at radius 2 is 1.95 bits per heavy atom. The molecule has 2 nitrogen and oxygen atoms in total. The molecule has 2 saturated carbocycles. The third kappa shape index (κ3) is 3.11. The maximum atomic E-state index is 5.50. The average molecular weight is 287 g/mol. The molecule has 21 heavy (non-hydrogen) atoms. The van der Waals surface area contributed by atoms with Crippen molar-refractivity contribution in [1.82, 2.24) is 4.90 Å². The molecule has 0 N–H and O–H groups in total. The highest BCUT2D eigenvalue weighted by molar-refractivity contribution is 5.36. The number of hydrogen-bond donors (Lipinski definition) is 0. The zero-order valence-electron chi connectivity index (χ0n) is 13.9. The third-order valence-corrected chi connectivity index (χ3v) is 5.60. The standard InChI is InChI=1S/C19H29NO/c1-13-7-16(11-17(8-13)21-4)18-10-14-5-6-15(9-14)19(18)12-20(2)3/h7-8,11,14-15,18-19H,5-6,9-10,12H2,1-4H3/t14-,15+,18-,19-/m0/s1. The highest BCUT2D eigenvalue weighted by Gasteiger charge is 2.42. The lowest BCUT2D eigenvalue weighted by atomic mass is 9.69. The fourth-order valence-corrected chi connectivity index (χ4v) is 4.77. The molecule has 116 valence electrons. The van der Waals surface area contributed by atoms with Gasteiger partial charge in [0.1, 0.15) is 5.75 Å². The van der Waals surface area contributed by atoms with Crippen molar-refractivity contribution < 1.29 is 4.74 Å². The van der Waals surface area contributed by atoms with E-state index in [0.29, 0.717) is 5.92 Å². The number of aryl methyl sites for hydroxylation is 1. The first kappa shape index (κ1) is 14.9. The monoisotopic (exact) mass is 287 g/mol. The van der Waals surface area contributed by atoms with E-state index >= 15 is 0 Å². The molecule has 0 aromatic heterocycles. The number of benzene rings is 1. The van der Waals surface area contributed by atoms with Crippen molar-refractivity contribution in [3.8, 4) is 5.75 Å². The van der Waals surface area contributed by atoms with Crippen molar-refractivity contribution in [2.24, 2.45) is 17.8 Å². The number of methoxy groups -OCH3 is 1. The van der Waals surface area contributed by atoms with E-state index in [1.807, 2.05) is 0 Å². The fraction of sp³-hybridized carbons (Fsp3) is 0.684. The number of hydrogen-bond acceptors (Lipinski definition) is 2. The molecule has 2 aliphatic carbocycles. The van der Waals surface area contributed by atoms with Gasteiger partial charge in [0.25, 0.3) is 0 Å². The molecule has 2 heteroatoms. The molecular formula is C19H29NO. The topological polar surface area (TPSA) is 12.5 Å². The van der Waals surface area contributed by atoms with Crippen LogP contribution in [-0.4, -0.2) is 32.6 Å². The molecule has 0 unspecified atom stereocenters. The first-order chi connectivity index (χ1) is 10.1. The van der Waals surface area contributed by atoms with Crippen LogP contribution in [0.25, 0.3) is 0 Å². The Balaban J connectivity index is 1.92. The largest absolute Gasteiger partial charge is 0.497 e. The minimum absolute atomic E-state index is 0.715. The van der Waals surface area contributed by atoms with Crippen LogP contribution in [0.15, 0.2) is 18.2 Å². The second kappa shape index (κ2) is 6.00. The summed E-state index contributed by atoms with van der Waals surface area (Å²) in [4.78, 5) is 2.38. The van der Waals surface area contributed by atoms with Gasteiger partial charge in [-0.05, 0) is 87.2 Å². The summed E-state index contributed by atoms with van der Waals surface area (Å²) >= 11 is 0. The van der Waals surface area contributed by atoms with Crippen LogP contribution in [0, 0.1) is 24.7 Å². The highest BCUT2D eigenvalue weighted by Crippen LogP contribution is 2.52. The molecule has 4 atom stereocenters. The molecule has 2 fully saturated rings. The molecule has 0 aliphatic heterocycles. The van der Waals surface area contributed by atoms with Crippen LogP contribution < -0.4 is 4.74 Å². The average Bonchev–Trinajstić information content (AvgIpc) is 2.83. The normalized spacial score (nSPS) is 31.7. The predicted molar refractivity (Wildman–Crippen MR) is 88.0 cm³/mol. The second-order valence-corrected chi connectivity index (χ2v) is 7.49. The van der Waals surface area contributed by atoms with Crippen LogP contribution >= 0.6 is 0 Å². The SMILES string of the molecule is COc1cc(C)cc([C@@H]2C[C@H]3CC[C@H](C3)[C@@H]2CN(C)C)c1. The molecule has 0 saturated heterocycles. The minimum atomic E-state index is 0.715. The van der Waals surface area contributed by atoms with Gasteiger partial charge in [0.15, 0.2) is 0 Å². The number of rotatable bonds is 4. The van der Waals surface area contributed by atoms with Crippen LogP contribution in [0.3, 0.4) is 0 Å². The van der Waals surface area contributed by atoms with Gasteiger partial charge >= 0.3 is 0 Å². The van der Waals surface area contributed by atoms with E-state index in [-0.39, 0.29) is 0 Å². The summed E-state index contributed by atoms with van der Waals surface area (Å²) < 4.78 is 5.50. The molecular weight excluding hydrogens is 258 g/mol. The van der Waals surface area contributed by atoms with E-state index in [4.69, 9.17) is 4.74 Å². The van der Waals surface area contributed by atoms with Gasteiger partial charge < -0.3 is 9.64 Å². The Morgan fingerprint density at radius 1 is 1.14 bits per heavy atom. The number of fused-ring (bicyclic) bond motifs is 2. The van der Waals surface area contributed by atoms with E-state index in [0.717, 1.165) is 23.5 Å². The Morgan fingerprint density at radius 3 is 2.67 bits per heavy atom. The van der Waals surface area contributed by atoms with Crippen molar-refractivity contribution in [3.63, 3.8) is 0 Å². The number of ether oxygens (including phenoxy) is 1. The van der Waals surface area contributed by atoms with Gasteiger partial charge in [-0.2, -0.15) is 0 Å². The van der Waals surface area contributed by atoms with Gasteiger partial charge in [-0.15, -0.1) is 0 Å². The molecule has 1 aromatic rings. The van der Waals surface area contributed by atoms with E-state index in [9.17, 15) is 0 Å². The Kier molecular flexibility index (Phi) is 4.26. The molecule has 0 spiro atoms. The Labute approximate surface area is 129 Å². The quantitative estimate of drug-likeness (QED) is 0.827. The van der Waals surface area contributed by atoms with E-state index in [1.165, 1.54) is 43.4 Å². The lowest BCUT2D eigenvalue weighted by Crippen LogP contribution is -2.34. The van der Waals surface area contributed by atoms with Gasteiger partial charge in [0, 0.05) is 6.54 Å². The first-order valence-electron chi connectivity index (χ1n) is 8.37. The van der Waals surface area contributed by atoms with Gasteiger partial charge in [-0.25, -0.2) is 0 Å². The smallest absolute Gasteiger partial charge is 0.119 e. The molecule has 0 heterocycles. The summed E-state index contributed by atoms with van der Waals surface area (Å²) in [5.74, 6) is 4.44. The lowest BCUT2D eigenvalue weighted by Gasteiger charge is -2.39. The zero-order valence-corrected chi connectivity index (χ0v) is 13.9. The third-order valence-electron chi connectivity index (χ3n) is 5.60. The summed E-state index contributed by atoms with van der Waals surface area (Å²) in [5, 5.41) is 0. The molecule has 0 radical (unpaired) electrons. The predicted octanol–water partition coefficient (Wildman–Crippen LogP) is 4.09. The molecule has 0 amide bonds. The van der Waals surface area contributed by atoms with Crippen molar-refractivity contribution in [3.05, 3.63) is 29.3 Å². The van der Waals surface area contributed by atoms with Crippen LogP contribution in [0.2, 0.25) is 0 Å². The first-order valence-corrected chi connectivity index (χ1v) is 8.37. The van der Waals surface area contributed by atoms with Crippen molar-refractivity contribution in [2.75, 3.05) is 27.7 Å². The van der Waals surface area contributed by atoms with Crippen LogP contribution in [0.5, 0.6) is 5.75 Å². The van der Waals surface area contributed by atoms with E-state index in [1.54, 1.807) is 7.11 Å². The fourth-order valence-electron chi connectivity index (χ4n) is 4.77. The van der Waals surface area contributed by atoms with Crippen molar-refractivity contribution in [2.45, 2.75) is 38.5 Å². The van der Waals surface area contributed by atoms with Crippen molar-refractivity contribution in [1.29, 1.82) is 0 Å². The van der Waals surface area contributed by atoms with E-state index < -0.39 is 0 Å². The van der Waals surface area contributed by atoms with Crippen molar-refractivity contribution >= 4 is 0 Å². The summed E-state index contributed by atoms with van der Waals surface area (Å²) in [5.41, 5.74) is 2.83. The minimum Gasteiger partial charge on any atom is -0.497 e. The Hall–Kier alpha value is -1.02. The summed E-state index contributed by atoms with van der Waals surface area (Å²) in [6, 6.07) is 6.81. The molecule has 2 bridgehead atoms. The van der Waals surface area contributed by atoms with Crippen LogP contribution in [0.4, 0.5) is 0 Å². The van der Waals surface area contributed by atoms with Gasteiger partial charge in [0.05, 0.1) is 7.11 Å². The summed E-state index contributed by atoms with van der Waals surface area (Å²) in [6.07, 6.45) is 5.75. The Bertz CT molecular complexity index is 496.